The first-order valence-corrected chi connectivity index (χ1v) is 8.06. The second kappa shape index (κ2) is 5.55. The zero-order valence-electron chi connectivity index (χ0n) is 10.8. The monoisotopic (exact) mass is 322 g/mol. The SMILES string of the molecule is Cc1csc(C(=O)O)c1NS(=O)(=O)c1ccccc1C#N. The van der Waals surface area contributed by atoms with Crippen LogP contribution in [0.3, 0.4) is 0 Å². The van der Waals surface area contributed by atoms with Gasteiger partial charge in [-0.15, -0.1) is 11.3 Å². The fourth-order valence-corrected chi connectivity index (χ4v) is 3.92. The van der Waals surface area contributed by atoms with E-state index in [4.69, 9.17) is 10.4 Å². The Balaban J connectivity index is 2.51. The van der Waals surface area contributed by atoms with Crippen molar-refractivity contribution in [3.8, 4) is 6.07 Å². The quantitative estimate of drug-likeness (QED) is 0.899. The number of nitriles is 1. The van der Waals surface area contributed by atoms with Crippen LogP contribution in [-0.2, 0) is 10.0 Å². The van der Waals surface area contributed by atoms with Gasteiger partial charge < -0.3 is 5.11 Å². The van der Waals surface area contributed by atoms with Crippen molar-refractivity contribution in [2.24, 2.45) is 0 Å². The molecule has 1 aromatic heterocycles. The van der Waals surface area contributed by atoms with Crippen molar-refractivity contribution in [2.45, 2.75) is 11.8 Å². The molecule has 0 bridgehead atoms. The van der Waals surface area contributed by atoms with Gasteiger partial charge in [0.15, 0.2) is 0 Å². The molecule has 0 aliphatic heterocycles. The number of benzene rings is 1. The third-order valence-electron chi connectivity index (χ3n) is 2.70. The van der Waals surface area contributed by atoms with Crippen LogP contribution >= 0.6 is 11.3 Å². The van der Waals surface area contributed by atoms with Crippen LogP contribution in [0, 0.1) is 18.3 Å². The Morgan fingerprint density at radius 3 is 2.67 bits per heavy atom. The van der Waals surface area contributed by atoms with Crippen LogP contribution in [0.25, 0.3) is 0 Å². The van der Waals surface area contributed by atoms with Crippen molar-refractivity contribution < 1.29 is 18.3 Å². The Labute approximate surface area is 125 Å². The molecule has 0 saturated carbocycles. The van der Waals surface area contributed by atoms with Crippen LogP contribution in [0.1, 0.15) is 20.8 Å². The number of rotatable bonds is 4. The minimum absolute atomic E-state index is 0.00485. The lowest BCUT2D eigenvalue weighted by Crippen LogP contribution is -2.16. The highest BCUT2D eigenvalue weighted by Gasteiger charge is 2.23. The molecular weight excluding hydrogens is 312 g/mol. The number of thiophene rings is 1. The molecule has 2 rings (SSSR count). The van der Waals surface area contributed by atoms with Crippen LogP contribution in [-0.4, -0.2) is 19.5 Å². The lowest BCUT2D eigenvalue weighted by molar-refractivity contribution is 0.0703. The number of nitrogens with zero attached hydrogens (tertiary/aromatic N) is 1. The summed E-state index contributed by atoms with van der Waals surface area (Å²) in [6.07, 6.45) is 0. The van der Waals surface area contributed by atoms with Crippen LogP contribution in [0.2, 0.25) is 0 Å². The van der Waals surface area contributed by atoms with E-state index < -0.39 is 16.0 Å². The number of hydrogen-bond donors (Lipinski definition) is 2. The first-order chi connectivity index (χ1) is 9.86. The predicted molar refractivity (Wildman–Crippen MR) is 78.0 cm³/mol. The fraction of sp³-hybridized carbons (Fsp3) is 0.0769. The Hall–Kier alpha value is -2.37. The summed E-state index contributed by atoms with van der Waals surface area (Å²) in [5.74, 6) is -1.21. The summed E-state index contributed by atoms with van der Waals surface area (Å²) in [4.78, 5) is 10.8. The zero-order valence-corrected chi connectivity index (χ0v) is 12.5. The number of anilines is 1. The third-order valence-corrected chi connectivity index (χ3v) is 5.20. The first-order valence-electron chi connectivity index (χ1n) is 5.70. The zero-order chi connectivity index (χ0) is 15.6. The number of carboxylic acid groups (broad SMARTS) is 1. The highest BCUT2D eigenvalue weighted by Crippen LogP contribution is 2.30. The Morgan fingerprint density at radius 2 is 2.05 bits per heavy atom. The largest absolute Gasteiger partial charge is 0.477 e. The molecule has 2 aromatic rings. The van der Waals surface area contributed by atoms with Gasteiger partial charge in [0, 0.05) is 0 Å². The molecule has 0 unspecified atom stereocenters. The van der Waals surface area contributed by atoms with Crippen molar-refractivity contribution >= 4 is 33.0 Å². The maximum Gasteiger partial charge on any atom is 0.348 e. The number of hydrogen-bond acceptors (Lipinski definition) is 5. The van der Waals surface area contributed by atoms with E-state index in [0.717, 1.165) is 11.3 Å². The molecular formula is C13H10N2O4S2. The summed E-state index contributed by atoms with van der Waals surface area (Å²) in [7, 11) is -4.03. The van der Waals surface area contributed by atoms with Gasteiger partial charge in [-0.05, 0) is 30.0 Å². The highest BCUT2D eigenvalue weighted by atomic mass is 32.2. The smallest absolute Gasteiger partial charge is 0.348 e. The summed E-state index contributed by atoms with van der Waals surface area (Å²) in [5.41, 5.74) is 0.533. The van der Waals surface area contributed by atoms with Gasteiger partial charge in [0.1, 0.15) is 15.8 Å². The molecule has 0 atom stereocenters. The van der Waals surface area contributed by atoms with E-state index in [2.05, 4.69) is 4.72 Å². The number of carbonyl (C=O) groups is 1. The van der Waals surface area contributed by atoms with E-state index in [9.17, 15) is 13.2 Å². The minimum atomic E-state index is -4.03. The number of carboxylic acids is 1. The minimum Gasteiger partial charge on any atom is -0.477 e. The van der Waals surface area contributed by atoms with Crippen molar-refractivity contribution in [1.82, 2.24) is 0 Å². The van der Waals surface area contributed by atoms with E-state index in [0.29, 0.717) is 5.56 Å². The van der Waals surface area contributed by atoms with Gasteiger partial charge in [0.25, 0.3) is 10.0 Å². The van der Waals surface area contributed by atoms with Crippen molar-refractivity contribution in [1.29, 1.82) is 5.26 Å². The lowest BCUT2D eigenvalue weighted by atomic mass is 10.2. The van der Waals surface area contributed by atoms with Gasteiger partial charge in [0.05, 0.1) is 11.3 Å². The molecule has 0 fully saturated rings. The van der Waals surface area contributed by atoms with Crippen LogP contribution in [0.15, 0.2) is 34.5 Å². The fourth-order valence-electron chi connectivity index (χ4n) is 1.71. The van der Waals surface area contributed by atoms with E-state index in [1.165, 1.54) is 18.2 Å². The molecule has 21 heavy (non-hydrogen) atoms. The Bertz CT molecular complexity index is 847. The Morgan fingerprint density at radius 1 is 1.38 bits per heavy atom. The van der Waals surface area contributed by atoms with Gasteiger partial charge in [0.2, 0.25) is 0 Å². The summed E-state index contributed by atoms with van der Waals surface area (Å²) in [6, 6.07) is 7.52. The van der Waals surface area contributed by atoms with Gasteiger partial charge in [-0.25, -0.2) is 13.2 Å². The van der Waals surface area contributed by atoms with Gasteiger partial charge in [-0.3, -0.25) is 4.72 Å². The molecule has 108 valence electrons. The molecule has 1 aromatic carbocycles. The highest BCUT2D eigenvalue weighted by molar-refractivity contribution is 7.92. The number of aryl methyl sites for hydroxylation is 1. The summed E-state index contributed by atoms with van der Waals surface area (Å²) >= 11 is 0.939. The average molecular weight is 322 g/mol. The molecule has 6 nitrogen and oxygen atoms in total. The second-order valence-corrected chi connectivity index (χ2v) is 6.67. The van der Waals surface area contributed by atoms with Gasteiger partial charge in [-0.1, -0.05) is 12.1 Å². The number of sulfonamides is 1. The molecule has 2 N–H and O–H groups in total. The first kappa shape index (κ1) is 15.0. The predicted octanol–water partition coefficient (Wildman–Crippen LogP) is 2.43. The molecule has 0 spiro atoms. The average Bonchev–Trinajstić information content (AvgIpc) is 2.80. The number of nitrogens with one attached hydrogen (secondary N) is 1. The summed E-state index contributed by atoms with van der Waals surface area (Å²) < 4.78 is 27.0. The number of aromatic carboxylic acids is 1. The lowest BCUT2D eigenvalue weighted by Gasteiger charge is -2.10. The maximum atomic E-state index is 12.4. The topological polar surface area (TPSA) is 107 Å². The third kappa shape index (κ3) is 2.89. The summed E-state index contributed by atoms with van der Waals surface area (Å²) in [5, 5.41) is 19.6. The van der Waals surface area contributed by atoms with Crippen molar-refractivity contribution in [2.75, 3.05) is 4.72 Å². The molecule has 0 amide bonds. The van der Waals surface area contributed by atoms with Gasteiger partial charge in [-0.2, -0.15) is 5.26 Å². The molecule has 0 aliphatic carbocycles. The van der Waals surface area contributed by atoms with Crippen molar-refractivity contribution in [3.63, 3.8) is 0 Å². The normalized spacial score (nSPS) is 10.9. The molecule has 1 heterocycles. The van der Waals surface area contributed by atoms with Crippen LogP contribution in [0.4, 0.5) is 5.69 Å². The summed E-state index contributed by atoms with van der Waals surface area (Å²) in [6.45, 7) is 1.61. The molecule has 0 aliphatic rings. The van der Waals surface area contributed by atoms with Crippen LogP contribution < -0.4 is 4.72 Å². The maximum absolute atomic E-state index is 12.4. The standard InChI is InChI=1S/C13H10N2O4S2/c1-8-7-20-12(13(16)17)11(8)15-21(18,19)10-5-3-2-4-9(10)6-14/h2-5,7,15H,1H3,(H,16,17). The van der Waals surface area contributed by atoms with Crippen molar-refractivity contribution in [3.05, 3.63) is 45.6 Å². The molecule has 8 heteroatoms. The van der Waals surface area contributed by atoms with E-state index >= 15 is 0 Å². The van der Waals surface area contributed by atoms with E-state index in [1.54, 1.807) is 24.4 Å². The molecule has 0 radical (unpaired) electrons. The van der Waals surface area contributed by atoms with E-state index in [1.807, 2.05) is 0 Å². The van der Waals surface area contributed by atoms with Gasteiger partial charge >= 0.3 is 5.97 Å². The molecule has 0 saturated heterocycles. The van der Waals surface area contributed by atoms with E-state index in [-0.39, 0.29) is 21.0 Å². The van der Waals surface area contributed by atoms with Crippen LogP contribution in [0.5, 0.6) is 0 Å². The second-order valence-electron chi connectivity index (χ2n) is 4.14. The Kier molecular flexibility index (Phi) is 3.97.